The molecule has 0 spiro atoms. The summed E-state index contributed by atoms with van der Waals surface area (Å²) in [6.07, 6.45) is 10.0. The van der Waals surface area contributed by atoms with Crippen LogP contribution in [0.3, 0.4) is 0 Å². The highest BCUT2D eigenvalue weighted by Crippen LogP contribution is 2.40. The number of hydrogen-bond acceptors (Lipinski definition) is 12. The first-order valence-corrected chi connectivity index (χ1v) is 32.1. The molecular formula is C75H70ClFN18O6. The molecule has 0 aliphatic heterocycles. The Hall–Kier alpha value is -13.2. The van der Waals surface area contributed by atoms with Crippen LogP contribution in [0.5, 0.6) is 0 Å². The van der Waals surface area contributed by atoms with Crippen molar-refractivity contribution in [3.63, 3.8) is 0 Å². The predicted molar refractivity (Wildman–Crippen MR) is 392 cm³/mol. The summed E-state index contributed by atoms with van der Waals surface area (Å²) in [6.45, 7) is 13.7. The first kappa shape index (κ1) is 70.6. The second-order valence-corrected chi connectivity index (χ2v) is 23.3. The lowest BCUT2D eigenvalue weighted by atomic mass is 10.0. The van der Waals surface area contributed by atoms with E-state index >= 15 is 0 Å². The van der Waals surface area contributed by atoms with Gasteiger partial charge in [-0.05, 0) is 156 Å². The third kappa shape index (κ3) is 18.1. The Labute approximate surface area is 585 Å². The van der Waals surface area contributed by atoms with E-state index in [0.717, 1.165) is 38.9 Å². The number of amides is 9. The van der Waals surface area contributed by atoms with E-state index in [-0.39, 0.29) is 28.7 Å². The number of aryl methyl sites for hydroxylation is 6. The Morgan fingerprint density at radius 2 is 0.743 bits per heavy atom. The van der Waals surface area contributed by atoms with Crippen LogP contribution in [0, 0.1) is 26.6 Å². The maximum absolute atomic E-state index is 14.9. The van der Waals surface area contributed by atoms with E-state index in [1.807, 2.05) is 150 Å². The standard InChI is InChI=1S/C25H23ClN6O2.C25H23FN6O2.C25H24N6O2/c1-3-32-14-19(23(31-32)16-11-12-28-21(13-16)24(27)33)18-5-4-6-20(22(18)26)30-25(34)29-17-9-7-15(2)8-10-17;1-3-32-14-20(23(31-32)16-10-11-28-22(12-16)24(27)33)19-13-18(8-9-21(19)26)30-25(34)29-17-6-4-15(2)5-7-17;1-3-31-15-21(23(30-31)18-11-12-27-22(14-18)24(26)32)17-5-4-6-20(13-17)29-25(33)28-19-9-7-16(2)8-10-19/h2*4-14H,3H2,1-2H3,(H2,27,33)(H2,29,30,34);4-15H,3H2,1-2H3,(H2,26,32)(H2,28,29,33). The number of rotatable bonds is 18. The molecule has 24 nitrogen and oxygen atoms in total. The molecule has 0 fully saturated rings. The van der Waals surface area contributed by atoms with Crippen molar-refractivity contribution in [2.45, 2.75) is 61.2 Å². The van der Waals surface area contributed by atoms with Gasteiger partial charge in [-0.2, -0.15) is 15.3 Å². The summed E-state index contributed by atoms with van der Waals surface area (Å²) in [4.78, 5) is 84.2. The Morgan fingerprint density at radius 3 is 1.16 bits per heavy atom. The zero-order valence-corrected chi connectivity index (χ0v) is 56.5. The molecule has 26 heteroatoms. The number of halogens is 2. The lowest BCUT2D eigenvalue weighted by molar-refractivity contribution is 0.0987. The van der Waals surface area contributed by atoms with Crippen molar-refractivity contribution >= 4 is 81.5 Å². The molecule has 12 aromatic rings. The van der Waals surface area contributed by atoms with Crippen molar-refractivity contribution in [2.75, 3.05) is 31.9 Å². The van der Waals surface area contributed by atoms with Gasteiger partial charge in [0.05, 0.1) is 10.7 Å². The lowest BCUT2D eigenvalue weighted by Crippen LogP contribution is -2.19. The van der Waals surface area contributed by atoms with Crippen molar-refractivity contribution in [1.82, 2.24) is 44.3 Å². The normalized spacial score (nSPS) is 10.7. The van der Waals surface area contributed by atoms with Crippen LogP contribution in [0.4, 0.5) is 52.9 Å². The summed E-state index contributed by atoms with van der Waals surface area (Å²) in [6, 6.07) is 48.4. The van der Waals surface area contributed by atoms with E-state index < -0.39 is 35.6 Å². The number of anilines is 6. The van der Waals surface area contributed by atoms with E-state index in [0.29, 0.717) is 98.1 Å². The minimum absolute atomic E-state index is 0.0816. The van der Waals surface area contributed by atoms with Crippen LogP contribution >= 0.6 is 11.6 Å². The fourth-order valence-electron chi connectivity index (χ4n) is 10.3. The van der Waals surface area contributed by atoms with Crippen molar-refractivity contribution in [1.29, 1.82) is 0 Å². The van der Waals surface area contributed by atoms with Gasteiger partial charge in [0.15, 0.2) is 0 Å². The molecule has 101 heavy (non-hydrogen) atoms. The average Bonchev–Trinajstić information content (AvgIpc) is 1.68. The van der Waals surface area contributed by atoms with Crippen LogP contribution in [-0.4, -0.2) is 80.1 Å². The Bertz CT molecular complexity index is 4930. The third-order valence-corrected chi connectivity index (χ3v) is 15.9. The maximum atomic E-state index is 14.9. The van der Waals surface area contributed by atoms with Gasteiger partial charge in [0.25, 0.3) is 17.7 Å². The zero-order chi connectivity index (χ0) is 71.9. The Balaban J connectivity index is 0.000000163. The minimum atomic E-state index is -0.671. The molecule has 0 unspecified atom stereocenters. The molecule has 0 bridgehead atoms. The fourth-order valence-corrected chi connectivity index (χ4v) is 10.6. The Kier molecular flexibility index (Phi) is 22.6. The van der Waals surface area contributed by atoms with Gasteiger partial charge >= 0.3 is 18.1 Å². The summed E-state index contributed by atoms with van der Waals surface area (Å²) in [5.74, 6) is -2.37. The van der Waals surface area contributed by atoms with Gasteiger partial charge in [-0.25, -0.2) is 18.8 Å². The van der Waals surface area contributed by atoms with E-state index in [9.17, 15) is 33.2 Å². The SMILES string of the molecule is CCn1cc(-c2cc(NC(=O)Nc3ccc(C)cc3)ccc2F)c(-c2ccnc(C(N)=O)c2)n1.CCn1cc(-c2cccc(NC(=O)Nc3ccc(C)cc3)c2)c(-c2ccnc(C(N)=O)c2)n1.CCn1cc(-c2cccc(NC(=O)Nc3ccc(C)cc3)c2Cl)c(-c2ccnc(C(N)=O)c2)n1. The van der Waals surface area contributed by atoms with Crippen LogP contribution in [0.1, 0.15) is 68.9 Å². The topological polar surface area (TPSA) is 345 Å². The van der Waals surface area contributed by atoms with Crippen molar-refractivity contribution in [2.24, 2.45) is 17.2 Å². The van der Waals surface area contributed by atoms with E-state index in [1.165, 1.54) is 36.8 Å². The van der Waals surface area contributed by atoms with Crippen LogP contribution in [0.15, 0.2) is 207 Å². The average molecular weight is 1370 g/mol. The van der Waals surface area contributed by atoms with Crippen LogP contribution in [0.25, 0.3) is 67.2 Å². The van der Waals surface area contributed by atoms with Gasteiger partial charge in [-0.15, -0.1) is 0 Å². The highest BCUT2D eigenvalue weighted by atomic mass is 35.5. The number of benzene rings is 6. The van der Waals surface area contributed by atoms with E-state index in [2.05, 4.69) is 62.1 Å². The molecule has 0 aliphatic rings. The number of pyridine rings is 3. The maximum Gasteiger partial charge on any atom is 0.323 e. The number of nitrogens with zero attached hydrogens (tertiary/aromatic N) is 9. The number of primary amides is 3. The number of nitrogens with two attached hydrogens (primary N) is 3. The molecule has 0 saturated heterocycles. The quantitative estimate of drug-likeness (QED) is 0.0387. The number of urea groups is 3. The monoisotopic (exact) mass is 1370 g/mol. The molecule has 6 aromatic carbocycles. The number of carbonyl (C=O) groups is 6. The third-order valence-electron chi connectivity index (χ3n) is 15.5. The first-order valence-electron chi connectivity index (χ1n) is 31.8. The van der Waals surface area contributed by atoms with Gasteiger partial charge in [-0.3, -0.25) is 43.4 Å². The molecule has 0 saturated carbocycles. The number of hydrogen-bond donors (Lipinski definition) is 9. The van der Waals surface area contributed by atoms with Gasteiger partial charge < -0.3 is 49.1 Å². The van der Waals surface area contributed by atoms with Crippen LogP contribution in [0.2, 0.25) is 5.02 Å². The number of carbonyl (C=O) groups excluding carboxylic acids is 6. The highest BCUT2D eigenvalue weighted by molar-refractivity contribution is 6.36. The molecule has 12 N–H and O–H groups in total. The second kappa shape index (κ2) is 32.3. The molecule has 0 atom stereocenters. The van der Waals surface area contributed by atoms with Gasteiger partial charge in [0, 0.05) is 130 Å². The highest BCUT2D eigenvalue weighted by Gasteiger charge is 2.22. The van der Waals surface area contributed by atoms with Crippen molar-refractivity contribution in [3.8, 4) is 67.2 Å². The molecule has 9 amide bonds. The molecule has 0 aliphatic carbocycles. The smallest absolute Gasteiger partial charge is 0.323 e. The van der Waals surface area contributed by atoms with Crippen molar-refractivity contribution < 1.29 is 33.2 Å². The summed E-state index contributed by atoms with van der Waals surface area (Å²) in [5, 5.41) is 31.0. The van der Waals surface area contributed by atoms with E-state index in [1.54, 1.807) is 76.2 Å². The predicted octanol–water partition coefficient (Wildman–Crippen LogP) is 14.8. The van der Waals surface area contributed by atoms with Gasteiger partial charge in [0.2, 0.25) is 0 Å². The molecule has 12 rings (SSSR count). The minimum Gasteiger partial charge on any atom is -0.364 e. The van der Waals surface area contributed by atoms with E-state index in [4.69, 9.17) is 28.8 Å². The summed E-state index contributed by atoms with van der Waals surface area (Å²) < 4.78 is 20.2. The van der Waals surface area contributed by atoms with Gasteiger partial charge in [0.1, 0.15) is 40.0 Å². The fraction of sp³-hybridized carbons (Fsp3) is 0.120. The molecule has 6 aromatic heterocycles. The molecular weight excluding hydrogens is 1300 g/mol. The summed E-state index contributed by atoms with van der Waals surface area (Å²) >= 11 is 6.74. The van der Waals surface area contributed by atoms with Crippen molar-refractivity contribution in [3.05, 3.63) is 252 Å². The van der Waals surface area contributed by atoms with Crippen LogP contribution < -0.4 is 49.1 Å². The lowest BCUT2D eigenvalue weighted by Gasteiger charge is -2.12. The van der Waals surface area contributed by atoms with Gasteiger partial charge in [-0.1, -0.05) is 89.0 Å². The largest absolute Gasteiger partial charge is 0.364 e. The first-order chi connectivity index (χ1) is 48.6. The molecule has 6 heterocycles. The van der Waals surface area contributed by atoms with Crippen LogP contribution in [-0.2, 0) is 19.6 Å². The second-order valence-electron chi connectivity index (χ2n) is 22.9. The zero-order valence-electron chi connectivity index (χ0n) is 55.7. The summed E-state index contributed by atoms with van der Waals surface area (Å²) in [5.41, 5.74) is 31.0. The molecule has 510 valence electrons. The molecule has 0 radical (unpaired) electrons. The number of aromatic nitrogens is 9. The Morgan fingerprint density at radius 1 is 0.386 bits per heavy atom. The summed E-state index contributed by atoms with van der Waals surface area (Å²) in [7, 11) is 0. The number of nitrogens with one attached hydrogen (secondary N) is 6.